The molecule has 3 unspecified atom stereocenters. The van der Waals surface area contributed by atoms with E-state index >= 15 is 0 Å². The Morgan fingerprint density at radius 2 is 1.82 bits per heavy atom. The summed E-state index contributed by atoms with van der Waals surface area (Å²) < 4.78 is 45.1. The first kappa shape index (κ1) is 20.4. The molecule has 9 heteroatoms. The number of fused-ring (bicyclic) bond motifs is 2. The van der Waals surface area contributed by atoms with Gasteiger partial charge >= 0.3 is 0 Å². The predicted molar refractivity (Wildman–Crippen MR) is 117 cm³/mol. The molecule has 3 fully saturated rings. The summed E-state index contributed by atoms with van der Waals surface area (Å²) in [6.07, 6.45) is 7.13. The van der Waals surface area contributed by atoms with Crippen LogP contribution in [-0.4, -0.2) is 41.8 Å². The SMILES string of the molecule is Cc1nn(C2CC2)cc1C(=O)C12CCC3Cc4c(nn(C)c4-c4cc(F)c(F)c(F)c4)C(C1)N32. The molecule has 0 spiro atoms. The van der Waals surface area contributed by atoms with Gasteiger partial charge in [0, 0.05) is 30.4 Å². The second kappa shape index (κ2) is 6.59. The predicted octanol–water partition coefficient (Wildman–Crippen LogP) is 4.43. The molecule has 2 saturated heterocycles. The molecule has 4 aliphatic rings. The Balaban J connectivity index is 1.25. The monoisotopic (exact) mass is 467 g/mol. The molecule has 0 bridgehead atoms. The molecular weight excluding hydrogens is 443 g/mol. The number of Topliss-reactive ketones (excluding diaryl/α,β-unsaturated/α-hetero) is 1. The van der Waals surface area contributed by atoms with Gasteiger partial charge in [0.25, 0.3) is 0 Å². The minimum atomic E-state index is -1.47. The van der Waals surface area contributed by atoms with Crippen LogP contribution in [0.15, 0.2) is 18.3 Å². The summed E-state index contributed by atoms with van der Waals surface area (Å²) in [5, 5.41) is 9.31. The van der Waals surface area contributed by atoms with Gasteiger partial charge in [-0.05, 0) is 57.6 Å². The van der Waals surface area contributed by atoms with E-state index in [2.05, 4.69) is 10.00 Å². The Hall–Kier alpha value is -2.94. The molecule has 3 aromatic rings. The summed E-state index contributed by atoms with van der Waals surface area (Å²) in [5.74, 6) is -3.74. The van der Waals surface area contributed by atoms with Gasteiger partial charge in [0.2, 0.25) is 0 Å². The number of carbonyl (C=O) groups excluding carboxylic acids is 1. The van der Waals surface area contributed by atoms with Crippen molar-refractivity contribution in [1.29, 1.82) is 0 Å². The number of aromatic nitrogens is 4. The number of hydrogen-bond donors (Lipinski definition) is 0. The van der Waals surface area contributed by atoms with Crippen LogP contribution in [0.1, 0.15) is 71.5 Å². The topological polar surface area (TPSA) is 56.0 Å². The third-order valence-corrected chi connectivity index (χ3v) is 8.34. The molecule has 2 aromatic heterocycles. The van der Waals surface area contributed by atoms with Crippen molar-refractivity contribution in [2.75, 3.05) is 0 Å². The van der Waals surface area contributed by atoms with Gasteiger partial charge in [0.15, 0.2) is 23.2 Å². The van der Waals surface area contributed by atoms with Gasteiger partial charge in [-0.15, -0.1) is 0 Å². The number of rotatable bonds is 4. The second-order valence-corrected chi connectivity index (χ2v) is 10.3. The second-order valence-electron chi connectivity index (χ2n) is 10.3. The van der Waals surface area contributed by atoms with Gasteiger partial charge in [-0.3, -0.25) is 19.1 Å². The molecule has 3 aliphatic heterocycles. The van der Waals surface area contributed by atoms with Gasteiger partial charge in [0.1, 0.15) is 0 Å². The van der Waals surface area contributed by atoms with Crippen LogP contribution in [-0.2, 0) is 13.5 Å². The highest BCUT2D eigenvalue weighted by atomic mass is 19.2. The van der Waals surface area contributed by atoms with Gasteiger partial charge in [-0.1, -0.05) is 0 Å². The van der Waals surface area contributed by atoms with Crippen molar-refractivity contribution < 1.29 is 18.0 Å². The van der Waals surface area contributed by atoms with Crippen molar-refractivity contribution in [3.05, 3.63) is 58.3 Å². The molecule has 176 valence electrons. The minimum absolute atomic E-state index is 0.00549. The molecule has 5 heterocycles. The van der Waals surface area contributed by atoms with E-state index in [0.717, 1.165) is 60.3 Å². The third kappa shape index (κ3) is 2.53. The van der Waals surface area contributed by atoms with E-state index in [1.54, 1.807) is 11.7 Å². The smallest absolute Gasteiger partial charge is 0.194 e. The van der Waals surface area contributed by atoms with Gasteiger partial charge < -0.3 is 0 Å². The molecule has 0 N–H and O–H groups in total. The number of benzene rings is 1. The Morgan fingerprint density at radius 3 is 2.53 bits per heavy atom. The largest absolute Gasteiger partial charge is 0.292 e. The lowest BCUT2D eigenvalue weighted by atomic mass is 9.70. The molecule has 1 saturated carbocycles. The highest BCUT2D eigenvalue weighted by molar-refractivity contribution is 6.05. The fourth-order valence-corrected chi connectivity index (χ4v) is 6.67. The highest BCUT2D eigenvalue weighted by Crippen LogP contribution is 2.60. The van der Waals surface area contributed by atoms with Crippen molar-refractivity contribution in [3.8, 4) is 11.3 Å². The summed E-state index contributed by atoms with van der Waals surface area (Å²) >= 11 is 0. The summed E-state index contributed by atoms with van der Waals surface area (Å²) in [6, 6.07) is 2.65. The first-order valence-corrected chi connectivity index (χ1v) is 11.9. The maximum absolute atomic E-state index is 14.0. The molecule has 1 aliphatic carbocycles. The normalized spacial score (nSPS) is 27.4. The van der Waals surface area contributed by atoms with Crippen LogP contribution in [0.3, 0.4) is 0 Å². The third-order valence-electron chi connectivity index (χ3n) is 8.34. The molecule has 34 heavy (non-hydrogen) atoms. The molecule has 3 atom stereocenters. The van der Waals surface area contributed by atoms with E-state index in [-0.39, 0.29) is 23.4 Å². The van der Waals surface area contributed by atoms with Crippen molar-refractivity contribution in [2.45, 2.75) is 69.1 Å². The van der Waals surface area contributed by atoms with E-state index in [4.69, 9.17) is 5.10 Å². The zero-order valence-corrected chi connectivity index (χ0v) is 19.0. The maximum atomic E-state index is 14.0. The van der Waals surface area contributed by atoms with E-state index in [0.29, 0.717) is 24.6 Å². The van der Waals surface area contributed by atoms with Crippen LogP contribution < -0.4 is 0 Å². The molecular formula is C25H24F3N5O. The average Bonchev–Trinajstić information content (AvgIpc) is 3.38. The van der Waals surface area contributed by atoms with Crippen molar-refractivity contribution in [2.24, 2.45) is 7.05 Å². The first-order chi connectivity index (χ1) is 16.3. The minimum Gasteiger partial charge on any atom is -0.292 e. The average molecular weight is 467 g/mol. The number of carbonyl (C=O) groups is 1. The number of hydrogen-bond acceptors (Lipinski definition) is 4. The van der Waals surface area contributed by atoms with Gasteiger partial charge in [0.05, 0.1) is 40.3 Å². The molecule has 1 aromatic carbocycles. The van der Waals surface area contributed by atoms with Crippen LogP contribution in [0.5, 0.6) is 0 Å². The summed E-state index contributed by atoms with van der Waals surface area (Å²) in [4.78, 5) is 16.1. The Bertz CT molecular complexity index is 1370. The van der Waals surface area contributed by atoms with Crippen LogP contribution in [0.25, 0.3) is 11.3 Å². The van der Waals surface area contributed by atoms with E-state index in [1.165, 1.54) is 0 Å². The zero-order valence-electron chi connectivity index (χ0n) is 19.0. The van der Waals surface area contributed by atoms with Crippen molar-refractivity contribution >= 4 is 5.78 Å². The van der Waals surface area contributed by atoms with E-state index < -0.39 is 23.0 Å². The fraction of sp³-hybridized carbons (Fsp3) is 0.480. The van der Waals surface area contributed by atoms with Crippen LogP contribution in [0.2, 0.25) is 0 Å². The quantitative estimate of drug-likeness (QED) is 0.421. The molecule has 0 amide bonds. The zero-order chi connectivity index (χ0) is 23.5. The van der Waals surface area contributed by atoms with Crippen LogP contribution >= 0.6 is 0 Å². The van der Waals surface area contributed by atoms with Crippen molar-refractivity contribution in [1.82, 2.24) is 24.5 Å². The number of nitrogens with zero attached hydrogens (tertiary/aromatic N) is 5. The lowest BCUT2D eigenvalue weighted by molar-refractivity contribution is -0.0553. The summed E-state index contributed by atoms with van der Waals surface area (Å²) in [5.41, 5.74) is 3.68. The summed E-state index contributed by atoms with van der Waals surface area (Å²) in [6.45, 7) is 1.91. The standard InChI is InChI=1S/C25H24F3N5O/c1-12-17(11-32(29-12)14-3-4-14)24(34)25-6-5-15-9-16-22(20(10-25)33(15)25)30-31(2)23(16)13-7-18(26)21(28)19(27)8-13/h7-8,11,14-15,20H,3-6,9-10H2,1-2H3. The number of ketones is 1. The first-order valence-electron chi connectivity index (χ1n) is 11.9. The van der Waals surface area contributed by atoms with Crippen LogP contribution in [0.4, 0.5) is 13.2 Å². The van der Waals surface area contributed by atoms with Gasteiger partial charge in [-0.25, -0.2) is 13.2 Å². The van der Waals surface area contributed by atoms with Crippen LogP contribution in [0, 0.1) is 24.4 Å². The molecule has 0 radical (unpaired) electrons. The molecule has 6 nitrogen and oxygen atoms in total. The van der Waals surface area contributed by atoms with Crippen molar-refractivity contribution in [3.63, 3.8) is 0 Å². The number of halogens is 3. The molecule has 7 rings (SSSR count). The lowest BCUT2D eigenvalue weighted by Crippen LogP contribution is -2.66. The van der Waals surface area contributed by atoms with E-state index in [9.17, 15) is 18.0 Å². The highest BCUT2D eigenvalue weighted by Gasteiger charge is 2.65. The Labute approximate surface area is 194 Å². The summed E-state index contributed by atoms with van der Waals surface area (Å²) in [7, 11) is 1.74. The Kier molecular flexibility index (Phi) is 3.96. The maximum Gasteiger partial charge on any atom is 0.194 e. The lowest BCUT2D eigenvalue weighted by Gasteiger charge is -2.57. The van der Waals surface area contributed by atoms with E-state index in [1.807, 2.05) is 17.8 Å². The number of aryl methyl sites for hydroxylation is 2. The van der Waals surface area contributed by atoms with Gasteiger partial charge in [-0.2, -0.15) is 10.2 Å². The fourth-order valence-electron chi connectivity index (χ4n) is 6.67. The Morgan fingerprint density at radius 1 is 1.09 bits per heavy atom.